The van der Waals surface area contributed by atoms with E-state index in [4.69, 9.17) is 23.4 Å². The highest BCUT2D eigenvalue weighted by Crippen LogP contribution is 2.39. The van der Waals surface area contributed by atoms with Crippen molar-refractivity contribution in [3.05, 3.63) is 260 Å². The van der Waals surface area contributed by atoms with Gasteiger partial charge in [0.2, 0.25) is 0 Å². The first-order valence-electron chi connectivity index (χ1n) is 28.5. The number of fused-ring (bicyclic) bond motifs is 4. The van der Waals surface area contributed by atoms with Gasteiger partial charge in [-0.05, 0) is 111 Å². The van der Waals surface area contributed by atoms with Gasteiger partial charge in [0.15, 0.2) is 0 Å². The van der Waals surface area contributed by atoms with E-state index in [0.29, 0.717) is 39.6 Å². The molecule has 5 heteroatoms. The molecule has 330 valence electrons. The van der Waals surface area contributed by atoms with E-state index in [2.05, 4.69) is 36.7 Å². The van der Waals surface area contributed by atoms with E-state index in [1.165, 1.54) is 0 Å². The maximum atomic E-state index is 9.61. The lowest BCUT2D eigenvalue weighted by atomic mass is 9.79. The number of ether oxygens (including phenoxy) is 1. The topological polar surface area (TPSA) is 35.9 Å². The van der Waals surface area contributed by atoms with Crippen LogP contribution in [0.25, 0.3) is 83.4 Å². The monoisotopic (exact) mass is 900 g/mol. The minimum absolute atomic E-state index is 0.137. The Kier molecular flexibility index (Phi) is 7.71. The third kappa shape index (κ3) is 7.84. The van der Waals surface area contributed by atoms with E-state index in [1.807, 2.05) is 134 Å². The van der Waals surface area contributed by atoms with Crippen molar-refractivity contribution in [2.75, 3.05) is 0 Å². The lowest BCUT2D eigenvalue weighted by Gasteiger charge is -2.25. The SMILES string of the molecule is [2H]c1c([2H])c([2H])c(-c2cccc(-c3c([2H])c([2H])c([2H])c([2H])c3[2H])c2-[n+]2[c-]n(-c3cccc(Oc4ccc5c6cc(-c7ccccc7)ccc6n(-c6cc(C([2H])([2H])C(C)(C)c7ccccc7)ccn6)c5c4)c3)c3ccccc32)c([2H])c1[2H]. The minimum atomic E-state index is -1.81. The number of hydrogen-bond donors (Lipinski definition) is 0. The standard InChI is InChI=1S/C64H48N4O/c1-64(2,50-25-13-6-14-26-50)43-45-37-38-65-62(39-45)68-58-36-33-49(46-19-7-3-8-20-46)40-57(58)56-35-34-53(42-61(56)68)69-52-28-17-27-51(41-52)66-44-67(60-32-16-15-31-59(60)66)63-54(47-21-9-4-10-22-47)29-18-30-55(63)48-23-11-5-12-24-48/h3-42H,43H2,1-2H3/i4D,5D,9D,10D,11D,12D,21D,22D,23D,24D,43D2. The van der Waals surface area contributed by atoms with Crippen LogP contribution in [-0.2, 0) is 11.8 Å². The Morgan fingerprint density at radius 3 is 2.00 bits per heavy atom. The summed E-state index contributed by atoms with van der Waals surface area (Å²) in [6.45, 7) is 3.83. The second-order valence-corrected chi connectivity index (χ2v) is 17.2. The zero-order chi connectivity index (χ0) is 56.8. The number of nitrogens with zero attached hydrogens (tertiary/aromatic N) is 4. The van der Waals surface area contributed by atoms with Crippen LogP contribution >= 0.6 is 0 Å². The van der Waals surface area contributed by atoms with Gasteiger partial charge >= 0.3 is 0 Å². The number of hydrogen-bond acceptors (Lipinski definition) is 2. The highest BCUT2D eigenvalue weighted by molar-refractivity contribution is 6.10. The molecule has 12 aromatic rings. The van der Waals surface area contributed by atoms with E-state index in [9.17, 15) is 2.74 Å². The van der Waals surface area contributed by atoms with Crippen molar-refractivity contribution in [1.29, 1.82) is 0 Å². The van der Waals surface area contributed by atoms with Crippen molar-refractivity contribution in [1.82, 2.24) is 14.1 Å². The van der Waals surface area contributed by atoms with E-state index >= 15 is 0 Å². The quantitative estimate of drug-likeness (QED) is 0.0958. The highest BCUT2D eigenvalue weighted by atomic mass is 16.5. The zero-order valence-corrected chi connectivity index (χ0v) is 37.5. The fourth-order valence-corrected chi connectivity index (χ4v) is 9.22. The second-order valence-electron chi connectivity index (χ2n) is 17.2. The van der Waals surface area contributed by atoms with Gasteiger partial charge in [-0.1, -0.05) is 190 Å². The predicted octanol–water partition coefficient (Wildman–Crippen LogP) is 15.5. The van der Waals surface area contributed by atoms with Crippen LogP contribution in [-0.4, -0.2) is 14.1 Å². The zero-order valence-electron chi connectivity index (χ0n) is 49.5. The lowest BCUT2D eigenvalue weighted by molar-refractivity contribution is -0.571. The van der Waals surface area contributed by atoms with Gasteiger partial charge in [0.25, 0.3) is 6.33 Å². The highest BCUT2D eigenvalue weighted by Gasteiger charge is 2.23. The summed E-state index contributed by atoms with van der Waals surface area (Å²) in [4.78, 5) is 4.88. The minimum Gasteiger partial charge on any atom is -0.458 e. The van der Waals surface area contributed by atoms with Gasteiger partial charge in [0, 0.05) is 25.8 Å². The molecule has 0 bridgehead atoms. The average molecular weight is 901 g/mol. The third-order valence-corrected chi connectivity index (χ3v) is 12.4. The Balaban J connectivity index is 1.00. The molecule has 0 fully saturated rings. The summed E-state index contributed by atoms with van der Waals surface area (Å²) in [6.07, 6.45) is 3.28. The third-order valence-electron chi connectivity index (χ3n) is 12.4. The fraction of sp³-hybridized carbons (Fsp3) is 0.0625. The van der Waals surface area contributed by atoms with Gasteiger partial charge in [-0.2, -0.15) is 0 Å². The second kappa shape index (κ2) is 17.4. The van der Waals surface area contributed by atoms with E-state index in [1.54, 1.807) is 45.7 Å². The molecule has 5 nitrogen and oxygen atoms in total. The van der Waals surface area contributed by atoms with Crippen LogP contribution in [0.3, 0.4) is 0 Å². The molecule has 0 atom stereocenters. The van der Waals surface area contributed by atoms with Crippen LogP contribution in [0.5, 0.6) is 11.5 Å². The molecule has 0 amide bonds. The van der Waals surface area contributed by atoms with Crippen molar-refractivity contribution in [3.63, 3.8) is 0 Å². The first-order valence-corrected chi connectivity index (χ1v) is 22.5. The Morgan fingerprint density at radius 2 is 1.25 bits per heavy atom. The molecule has 0 spiro atoms. The van der Waals surface area contributed by atoms with E-state index < -0.39 is 72.2 Å². The summed E-state index contributed by atoms with van der Waals surface area (Å²) in [6, 6.07) is 49.6. The number of para-hydroxylation sites is 3. The smallest absolute Gasteiger partial charge is 0.269 e. The molecule has 0 saturated carbocycles. The maximum Gasteiger partial charge on any atom is 0.269 e. The molecule has 3 heterocycles. The van der Waals surface area contributed by atoms with Crippen LogP contribution in [0, 0.1) is 6.33 Å². The first kappa shape index (κ1) is 30.5. The molecule has 0 aliphatic rings. The summed E-state index contributed by atoms with van der Waals surface area (Å²) in [5.41, 5.74) is 6.02. The average Bonchev–Trinajstić information content (AvgIpc) is 3.94. The number of rotatable bonds is 11. The van der Waals surface area contributed by atoms with Crippen LogP contribution in [0.15, 0.2) is 243 Å². The molecule has 0 aliphatic heterocycles. The molecule has 9 aromatic carbocycles. The summed E-state index contributed by atoms with van der Waals surface area (Å²) in [7, 11) is 0. The van der Waals surface area contributed by atoms with Gasteiger partial charge in [0.1, 0.15) is 17.3 Å². The van der Waals surface area contributed by atoms with Crippen molar-refractivity contribution in [3.8, 4) is 62.1 Å². The molecule has 0 aliphatic carbocycles. The molecular weight excluding hydrogens is 841 g/mol. The molecule has 12 rings (SSSR count). The Morgan fingerprint density at radius 1 is 0.565 bits per heavy atom. The molecule has 0 N–H and O–H groups in total. The van der Waals surface area contributed by atoms with Crippen LogP contribution in [0.4, 0.5) is 0 Å². The Hall–Kier alpha value is -8.80. The fourth-order valence-electron chi connectivity index (χ4n) is 9.22. The molecule has 3 aromatic heterocycles. The number of aromatic nitrogens is 4. The van der Waals surface area contributed by atoms with Crippen LogP contribution in [0.1, 0.15) is 41.4 Å². The van der Waals surface area contributed by atoms with Crippen molar-refractivity contribution >= 4 is 32.8 Å². The lowest BCUT2D eigenvalue weighted by Crippen LogP contribution is -2.31. The largest absolute Gasteiger partial charge is 0.458 e. The predicted molar refractivity (Wildman–Crippen MR) is 282 cm³/mol. The van der Waals surface area contributed by atoms with Gasteiger partial charge < -0.3 is 4.74 Å². The molecular formula is C64H48N4O. The summed E-state index contributed by atoms with van der Waals surface area (Å²) < 4.78 is 119. The number of imidazole rings is 1. The molecule has 0 unspecified atom stereocenters. The van der Waals surface area contributed by atoms with Crippen molar-refractivity contribution < 1.29 is 25.8 Å². The van der Waals surface area contributed by atoms with Crippen LogP contribution in [0.2, 0.25) is 0 Å². The Labute approximate surface area is 419 Å². The normalized spacial score (nSPS) is 14.3. The maximum absolute atomic E-state index is 9.61. The van der Waals surface area contributed by atoms with Crippen LogP contribution < -0.4 is 9.30 Å². The molecule has 69 heavy (non-hydrogen) atoms. The van der Waals surface area contributed by atoms with Gasteiger partial charge in [0.05, 0.1) is 47.1 Å². The summed E-state index contributed by atoms with van der Waals surface area (Å²) >= 11 is 0. The van der Waals surface area contributed by atoms with E-state index in [-0.39, 0.29) is 27.9 Å². The number of pyridine rings is 1. The Bertz CT molecular complexity index is 4370. The van der Waals surface area contributed by atoms with E-state index in [0.717, 1.165) is 38.5 Å². The van der Waals surface area contributed by atoms with Crippen molar-refractivity contribution in [2.24, 2.45) is 0 Å². The molecule has 0 radical (unpaired) electrons. The van der Waals surface area contributed by atoms with Crippen molar-refractivity contribution in [2.45, 2.75) is 25.6 Å². The molecule has 0 saturated heterocycles. The van der Waals surface area contributed by atoms with Gasteiger partial charge in [-0.25, -0.2) is 4.98 Å². The first-order chi connectivity index (χ1) is 38.9. The summed E-state index contributed by atoms with van der Waals surface area (Å²) in [5, 5.41) is 1.89. The number of benzene rings is 9. The van der Waals surface area contributed by atoms with Gasteiger partial charge in [-0.3, -0.25) is 13.7 Å². The summed E-state index contributed by atoms with van der Waals surface area (Å²) in [5.74, 6) is 1.48. The van der Waals surface area contributed by atoms with Gasteiger partial charge in [-0.15, -0.1) is 0 Å².